The number of ether oxygens (including phenoxy) is 1. The molecule has 7 heteroatoms. The van der Waals surface area contributed by atoms with E-state index in [0.717, 1.165) is 50.5 Å². The molecule has 1 aromatic heterocycles. The minimum absolute atomic E-state index is 0.157. The van der Waals surface area contributed by atoms with Gasteiger partial charge in [-0.15, -0.1) is 0 Å². The molecule has 7 nitrogen and oxygen atoms in total. The van der Waals surface area contributed by atoms with Crippen molar-refractivity contribution >= 4 is 22.6 Å². The molecule has 1 amide bonds. The van der Waals surface area contributed by atoms with Crippen LogP contribution in [0.3, 0.4) is 0 Å². The third-order valence-corrected chi connectivity index (χ3v) is 4.61. The van der Waals surface area contributed by atoms with Gasteiger partial charge in [0.05, 0.1) is 13.2 Å². The highest BCUT2D eigenvalue weighted by Gasteiger charge is 2.11. The van der Waals surface area contributed by atoms with Crippen molar-refractivity contribution in [2.24, 2.45) is 0 Å². The zero-order chi connectivity index (χ0) is 17.8. The first-order valence-corrected chi connectivity index (χ1v) is 8.79. The molecule has 0 atom stereocenters. The molecule has 0 saturated carbocycles. The minimum atomic E-state index is -0.157. The molecule has 1 saturated heterocycles. The highest BCUT2D eigenvalue weighted by Crippen LogP contribution is 2.15. The molecule has 0 radical (unpaired) electrons. The molecule has 0 unspecified atom stereocenters. The zero-order valence-corrected chi connectivity index (χ0v) is 14.4. The van der Waals surface area contributed by atoms with E-state index in [4.69, 9.17) is 4.74 Å². The van der Waals surface area contributed by atoms with Gasteiger partial charge in [-0.05, 0) is 42.3 Å². The number of nitrogens with one attached hydrogen (secondary N) is 2. The van der Waals surface area contributed by atoms with Crippen molar-refractivity contribution in [1.29, 1.82) is 0 Å². The fourth-order valence-corrected chi connectivity index (χ4v) is 3.05. The van der Waals surface area contributed by atoms with E-state index in [0.29, 0.717) is 11.1 Å². The van der Waals surface area contributed by atoms with Gasteiger partial charge in [-0.2, -0.15) is 15.4 Å². The average Bonchev–Trinajstić information content (AvgIpc) is 3.16. The largest absolute Gasteiger partial charge is 0.379 e. The number of hydrogen-bond donors (Lipinski definition) is 2. The van der Waals surface area contributed by atoms with Gasteiger partial charge in [-0.3, -0.25) is 9.69 Å². The summed E-state index contributed by atoms with van der Waals surface area (Å²) in [6.45, 7) is 4.69. The zero-order valence-electron chi connectivity index (χ0n) is 14.4. The Bertz CT molecular complexity index is 884. The maximum atomic E-state index is 12.4. The number of carbonyl (C=O) groups excluding carboxylic acids is 1. The fourth-order valence-electron chi connectivity index (χ4n) is 3.05. The van der Waals surface area contributed by atoms with Gasteiger partial charge < -0.3 is 10.1 Å². The molecule has 2 N–H and O–H groups in total. The first-order valence-electron chi connectivity index (χ1n) is 8.79. The van der Waals surface area contributed by atoms with Crippen molar-refractivity contribution in [1.82, 2.24) is 20.3 Å². The van der Waals surface area contributed by atoms with Crippen LogP contribution in [0, 0.1) is 0 Å². The number of H-pyrrole nitrogens is 1. The molecular weight excluding hydrogens is 330 g/mol. The van der Waals surface area contributed by atoms with Crippen LogP contribution < -0.4 is 5.32 Å². The Labute approximate surface area is 151 Å². The molecule has 4 rings (SSSR count). The van der Waals surface area contributed by atoms with E-state index in [1.165, 1.54) is 5.56 Å². The summed E-state index contributed by atoms with van der Waals surface area (Å²) >= 11 is 0. The number of amides is 1. The first kappa shape index (κ1) is 16.7. The van der Waals surface area contributed by atoms with Crippen molar-refractivity contribution < 1.29 is 9.53 Å². The van der Waals surface area contributed by atoms with E-state index in [2.05, 4.69) is 37.8 Å². The van der Waals surface area contributed by atoms with Crippen molar-refractivity contribution in [2.75, 3.05) is 38.2 Å². The maximum absolute atomic E-state index is 12.4. The van der Waals surface area contributed by atoms with Gasteiger partial charge in [0.2, 0.25) is 0 Å². The monoisotopic (exact) mass is 351 g/mol. The quantitative estimate of drug-likeness (QED) is 0.735. The van der Waals surface area contributed by atoms with Crippen LogP contribution in [0.1, 0.15) is 15.9 Å². The normalized spacial score (nSPS) is 15.2. The summed E-state index contributed by atoms with van der Waals surface area (Å²) in [5.74, 6) is -0.157. The number of morpholine rings is 1. The number of aromatic nitrogens is 3. The van der Waals surface area contributed by atoms with Crippen LogP contribution >= 0.6 is 0 Å². The summed E-state index contributed by atoms with van der Waals surface area (Å²) in [5.41, 5.74) is 4.02. The first-order chi connectivity index (χ1) is 12.8. The number of fused-ring (bicyclic) bond motifs is 1. The Hall–Kier alpha value is -2.77. The second-order valence-electron chi connectivity index (χ2n) is 6.38. The second kappa shape index (κ2) is 7.63. The van der Waals surface area contributed by atoms with Gasteiger partial charge >= 0.3 is 0 Å². The lowest BCUT2D eigenvalue weighted by atomic mass is 10.1. The molecule has 26 heavy (non-hydrogen) atoms. The standard InChI is InChI=1S/C19H21N5O2/c25-19(15-3-6-17-18(13-15)22-23-21-17)20-16-4-1-14(2-5-16)7-8-24-9-11-26-12-10-24/h1-6,13H,7-12H2,(H,20,25)(H,21,22,23). The van der Waals surface area contributed by atoms with Crippen LogP contribution in [0.4, 0.5) is 5.69 Å². The summed E-state index contributed by atoms with van der Waals surface area (Å²) in [6, 6.07) is 13.3. The summed E-state index contributed by atoms with van der Waals surface area (Å²) < 4.78 is 5.37. The Morgan fingerprint density at radius 3 is 2.65 bits per heavy atom. The number of aromatic amines is 1. The van der Waals surface area contributed by atoms with Crippen molar-refractivity contribution in [3.8, 4) is 0 Å². The van der Waals surface area contributed by atoms with Crippen molar-refractivity contribution in [3.63, 3.8) is 0 Å². The van der Waals surface area contributed by atoms with Crippen LogP contribution in [0.5, 0.6) is 0 Å². The van der Waals surface area contributed by atoms with Gasteiger partial charge in [0.15, 0.2) is 0 Å². The summed E-state index contributed by atoms with van der Waals surface area (Å²) in [4.78, 5) is 14.8. The third kappa shape index (κ3) is 3.89. The molecule has 2 heterocycles. The fraction of sp³-hybridized carbons (Fsp3) is 0.316. The Kier molecular flexibility index (Phi) is 4.90. The number of benzene rings is 2. The minimum Gasteiger partial charge on any atom is -0.379 e. The lowest BCUT2D eigenvalue weighted by Crippen LogP contribution is -2.37. The predicted molar refractivity (Wildman–Crippen MR) is 99.2 cm³/mol. The lowest BCUT2D eigenvalue weighted by molar-refractivity contribution is 0.0384. The van der Waals surface area contributed by atoms with E-state index in [9.17, 15) is 4.79 Å². The predicted octanol–water partition coefficient (Wildman–Crippen LogP) is 2.08. The molecule has 2 aromatic carbocycles. The maximum Gasteiger partial charge on any atom is 0.255 e. The van der Waals surface area contributed by atoms with Crippen LogP contribution in [0.2, 0.25) is 0 Å². The SMILES string of the molecule is O=C(Nc1ccc(CCN2CCOCC2)cc1)c1ccc2n[nH]nc2c1. The van der Waals surface area contributed by atoms with Crippen molar-refractivity contribution in [3.05, 3.63) is 53.6 Å². The van der Waals surface area contributed by atoms with Gasteiger partial charge in [0.25, 0.3) is 5.91 Å². The molecule has 3 aromatic rings. The van der Waals surface area contributed by atoms with Gasteiger partial charge in [-0.1, -0.05) is 12.1 Å². The van der Waals surface area contributed by atoms with Crippen LogP contribution in [0.25, 0.3) is 11.0 Å². The van der Waals surface area contributed by atoms with Gasteiger partial charge in [0, 0.05) is 30.9 Å². The molecule has 0 bridgehead atoms. The van der Waals surface area contributed by atoms with E-state index in [1.807, 2.05) is 12.1 Å². The smallest absolute Gasteiger partial charge is 0.255 e. The Morgan fingerprint density at radius 1 is 1.08 bits per heavy atom. The Balaban J connectivity index is 1.34. The second-order valence-corrected chi connectivity index (χ2v) is 6.38. The van der Waals surface area contributed by atoms with Crippen LogP contribution in [0.15, 0.2) is 42.5 Å². The summed E-state index contributed by atoms with van der Waals surface area (Å²) in [5, 5.41) is 13.5. The molecule has 1 aliphatic heterocycles. The van der Waals surface area contributed by atoms with E-state index >= 15 is 0 Å². The average molecular weight is 351 g/mol. The summed E-state index contributed by atoms with van der Waals surface area (Å²) in [6.07, 6.45) is 0.997. The number of hydrogen-bond acceptors (Lipinski definition) is 5. The van der Waals surface area contributed by atoms with Crippen molar-refractivity contribution in [2.45, 2.75) is 6.42 Å². The highest BCUT2D eigenvalue weighted by atomic mass is 16.5. The third-order valence-electron chi connectivity index (χ3n) is 4.61. The number of rotatable bonds is 5. The summed E-state index contributed by atoms with van der Waals surface area (Å²) in [7, 11) is 0. The molecule has 1 fully saturated rings. The van der Waals surface area contributed by atoms with Crippen LogP contribution in [-0.2, 0) is 11.2 Å². The van der Waals surface area contributed by atoms with E-state index in [1.54, 1.807) is 18.2 Å². The number of carbonyl (C=O) groups is 1. The molecule has 0 spiro atoms. The van der Waals surface area contributed by atoms with E-state index < -0.39 is 0 Å². The highest BCUT2D eigenvalue weighted by molar-refractivity contribution is 6.05. The number of anilines is 1. The molecular formula is C19H21N5O2. The topological polar surface area (TPSA) is 83.1 Å². The van der Waals surface area contributed by atoms with E-state index in [-0.39, 0.29) is 5.91 Å². The Morgan fingerprint density at radius 2 is 1.85 bits per heavy atom. The van der Waals surface area contributed by atoms with Gasteiger partial charge in [0.1, 0.15) is 11.0 Å². The molecule has 0 aliphatic carbocycles. The molecule has 134 valence electrons. The number of nitrogens with zero attached hydrogens (tertiary/aromatic N) is 3. The van der Waals surface area contributed by atoms with Crippen LogP contribution in [-0.4, -0.2) is 59.1 Å². The van der Waals surface area contributed by atoms with Gasteiger partial charge in [-0.25, -0.2) is 0 Å². The molecule has 1 aliphatic rings. The lowest BCUT2D eigenvalue weighted by Gasteiger charge is -2.26.